The molecule has 0 radical (unpaired) electrons. The standard InChI is InChI=1S/C16H17N7O/c24-16(8-13-2-1-3-17-9-13)22-6-4-21(5-7-22)15-11-18-10-14-19-12-20-23(14)15/h1-3,9-12H,4-8H2. The third-order valence-electron chi connectivity index (χ3n) is 4.21. The van der Waals surface area contributed by atoms with Gasteiger partial charge >= 0.3 is 0 Å². The van der Waals surface area contributed by atoms with Crippen molar-refractivity contribution in [3.05, 3.63) is 48.8 Å². The molecule has 24 heavy (non-hydrogen) atoms. The van der Waals surface area contributed by atoms with E-state index in [1.54, 1.807) is 29.3 Å². The third-order valence-corrected chi connectivity index (χ3v) is 4.21. The fourth-order valence-electron chi connectivity index (χ4n) is 2.93. The van der Waals surface area contributed by atoms with Gasteiger partial charge in [-0.15, -0.1) is 0 Å². The lowest BCUT2D eigenvalue weighted by Crippen LogP contribution is -2.49. The number of rotatable bonds is 3. The second-order valence-electron chi connectivity index (χ2n) is 5.70. The van der Waals surface area contributed by atoms with Gasteiger partial charge in [-0.25, -0.2) is 4.98 Å². The molecule has 3 aromatic rings. The molecule has 1 aliphatic heterocycles. The number of piperazine rings is 1. The molecule has 8 heteroatoms. The number of fused-ring (bicyclic) bond motifs is 1. The summed E-state index contributed by atoms with van der Waals surface area (Å²) in [5.41, 5.74) is 1.67. The van der Waals surface area contributed by atoms with Crippen molar-refractivity contribution in [2.45, 2.75) is 6.42 Å². The van der Waals surface area contributed by atoms with Crippen LogP contribution >= 0.6 is 0 Å². The summed E-state index contributed by atoms with van der Waals surface area (Å²) in [6, 6.07) is 3.78. The van der Waals surface area contributed by atoms with Gasteiger partial charge in [-0.2, -0.15) is 9.61 Å². The second-order valence-corrected chi connectivity index (χ2v) is 5.70. The number of amides is 1. The van der Waals surface area contributed by atoms with Crippen molar-refractivity contribution in [1.29, 1.82) is 0 Å². The predicted octanol–water partition coefficient (Wildman–Crippen LogP) is 0.411. The molecule has 0 N–H and O–H groups in total. The van der Waals surface area contributed by atoms with Crippen LogP contribution in [-0.2, 0) is 11.2 Å². The first-order valence-electron chi connectivity index (χ1n) is 7.86. The molecule has 0 bridgehead atoms. The predicted molar refractivity (Wildman–Crippen MR) is 87.5 cm³/mol. The highest BCUT2D eigenvalue weighted by atomic mass is 16.2. The van der Waals surface area contributed by atoms with Gasteiger partial charge in [0.25, 0.3) is 0 Å². The monoisotopic (exact) mass is 323 g/mol. The Morgan fingerprint density at radius 3 is 2.75 bits per heavy atom. The zero-order valence-corrected chi connectivity index (χ0v) is 13.1. The van der Waals surface area contributed by atoms with E-state index in [2.05, 4.69) is 25.0 Å². The van der Waals surface area contributed by atoms with Crippen LogP contribution in [0.3, 0.4) is 0 Å². The van der Waals surface area contributed by atoms with E-state index in [0.717, 1.165) is 30.1 Å². The molecule has 4 rings (SSSR count). The van der Waals surface area contributed by atoms with Crippen molar-refractivity contribution in [3.8, 4) is 0 Å². The minimum atomic E-state index is 0.139. The van der Waals surface area contributed by atoms with Crippen molar-refractivity contribution >= 4 is 17.4 Å². The third kappa shape index (κ3) is 2.78. The summed E-state index contributed by atoms with van der Waals surface area (Å²) >= 11 is 0. The zero-order valence-electron chi connectivity index (χ0n) is 13.1. The number of aromatic nitrogens is 5. The molecule has 0 aliphatic carbocycles. The quantitative estimate of drug-likeness (QED) is 0.695. The maximum atomic E-state index is 12.4. The van der Waals surface area contributed by atoms with Crippen LogP contribution in [0.15, 0.2) is 43.2 Å². The molecular weight excluding hydrogens is 306 g/mol. The Hall–Kier alpha value is -3.03. The molecule has 0 atom stereocenters. The number of nitrogens with zero attached hydrogens (tertiary/aromatic N) is 7. The number of carbonyl (C=O) groups is 1. The van der Waals surface area contributed by atoms with E-state index in [4.69, 9.17) is 0 Å². The van der Waals surface area contributed by atoms with Crippen LogP contribution in [0, 0.1) is 0 Å². The number of pyridine rings is 1. The molecule has 8 nitrogen and oxygen atoms in total. The van der Waals surface area contributed by atoms with E-state index in [0.29, 0.717) is 19.5 Å². The number of hydrogen-bond donors (Lipinski definition) is 0. The first kappa shape index (κ1) is 14.6. The number of hydrogen-bond acceptors (Lipinski definition) is 6. The van der Waals surface area contributed by atoms with Gasteiger partial charge in [0.1, 0.15) is 6.33 Å². The Kier molecular flexibility index (Phi) is 3.78. The Morgan fingerprint density at radius 1 is 1.08 bits per heavy atom. The zero-order chi connectivity index (χ0) is 16.4. The molecule has 0 saturated carbocycles. The normalized spacial score (nSPS) is 15.0. The first-order valence-corrected chi connectivity index (χ1v) is 7.86. The smallest absolute Gasteiger partial charge is 0.227 e. The van der Waals surface area contributed by atoms with Gasteiger partial charge < -0.3 is 9.80 Å². The largest absolute Gasteiger partial charge is 0.352 e. The summed E-state index contributed by atoms with van der Waals surface area (Å²) in [6.07, 6.45) is 8.85. The molecule has 1 amide bonds. The lowest BCUT2D eigenvalue weighted by molar-refractivity contribution is -0.130. The Balaban J connectivity index is 1.41. The van der Waals surface area contributed by atoms with Crippen molar-refractivity contribution < 1.29 is 4.79 Å². The molecule has 4 heterocycles. The molecule has 3 aromatic heterocycles. The highest BCUT2D eigenvalue weighted by Gasteiger charge is 2.23. The molecule has 0 aromatic carbocycles. The Bertz CT molecular complexity index is 840. The Labute approximate surface area is 138 Å². The van der Waals surface area contributed by atoms with E-state index in [9.17, 15) is 4.79 Å². The molecule has 1 fully saturated rings. The van der Waals surface area contributed by atoms with Crippen LogP contribution in [0.5, 0.6) is 0 Å². The highest BCUT2D eigenvalue weighted by molar-refractivity contribution is 5.79. The number of anilines is 1. The maximum Gasteiger partial charge on any atom is 0.227 e. The summed E-state index contributed by atoms with van der Waals surface area (Å²) in [6.45, 7) is 2.87. The van der Waals surface area contributed by atoms with Crippen LogP contribution in [0.2, 0.25) is 0 Å². The van der Waals surface area contributed by atoms with Gasteiger partial charge in [-0.05, 0) is 11.6 Å². The van der Waals surface area contributed by atoms with Crippen molar-refractivity contribution in [2.75, 3.05) is 31.1 Å². The van der Waals surface area contributed by atoms with E-state index in [-0.39, 0.29) is 5.91 Å². The molecule has 1 saturated heterocycles. The van der Waals surface area contributed by atoms with Crippen molar-refractivity contribution in [3.63, 3.8) is 0 Å². The van der Waals surface area contributed by atoms with E-state index in [1.807, 2.05) is 17.0 Å². The van der Waals surface area contributed by atoms with Gasteiger partial charge in [0, 0.05) is 38.6 Å². The van der Waals surface area contributed by atoms with Gasteiger partial charge in [0.2, 0.25) is 5.91 Å². The van der Waals surface area contributed by atoms with Gasteiger partial charge in [-0.1, -0.05) is 6.07 Å². The summed E-state index contributed by atoms with van der Waals surface area (Å²) < 4.78 is 1.78. The van der Waals surface area contributed by atoms with Gasteiger partial charge in [0.15, 0.2) is 11.5 Å². The SMILES string of the molecule is O=C(Cc1cccnc1)N1CCN(c2cncc3ncnn23)CC1. The minimum Gasteiger partial charge on any atom is -0.352 e. The summed E-state index contributed by atoms with van der Waals surface area (Å²) in [5.74, 6) is 1.05. The fourth-order valence-corrected chi connectivity index (χ4v) is 2.93. The van der Waals surface area contributed by atoms with Crippen molar-refractivity contribution in [1.82, 2.24) is 29.5 Å². The molecule has 1 aliphatic rings. The van der Waals surface area contributed by atoms with Gasteiger partial charge in [0.05, 0.1) is 18.8 Å². The van der Waals surface area contributed by atoms with Crippen LogP contribution in [0.4, 0.5) is 5.82 Å². The Morgan fingerprint density at radius 2 is 1.96 bits per heavy atom. The average molecular weight is 323 g/mol. The van der Waals surface area contributed by atoms with Crippen molar-refractivity contribution in [2.24, 2.45) is 0 Å². The second kappa shape index (κ2) is 6.23. The van der Waals surface area contributed by atoms with E-state index < -0.39 is 0 Å². The molecular formula is C16H17N7O. The minimum absolute atomic E-state index is 0.139. The van der Waals surface area contributed by atoms with E-state index in [1.165, 1.54) is 6.33 Å². The summed E-state index contributed by atoms with van der Waals surface area (Å²) in [5, 5.41) is 4.24. The lowest BCUT2D eigenvalue weighted by Gasteiger charge is -2.35. The average Bonchev–Trinajstić information content (AvgIpc) is 3.11. The number of carbonyl (C=O) groups excluding carboxylic acids is 1. The summed E-state index contributed by atoms with van der Waals surface area (Å²) in [4.78, 5) is 28.9. The summed E-state index contributed by atoms with van der Waals surface area (Å²) in [7, 11) is 0. The van der Waals surface area contributed by atoms with Crippen LogP contribution in [0.25, 0.3) is 5.65 Å². The molecule has 0 spiro atoms. The maximum absolute atomic E-state index is 12.4. The van der Waals surface area contributed by atoms with Crippen LogP contribution < -0.4 is 4.90 Å². The van der Waals surface area contributed by atoms with E-state index >= 15 is 0 Å². The van der Waals surface area contributed by atoms with Gasteiger partial charge in [-0.3, -0.25) is 14.8 Å². The fraction of sp³-hybridized carbons (Fsp3) is 0.312. The topological polar surface area (TPSA) is 79.5 Å². The highest BCUT2D eigenvalue weighted by Crippen LogP contribution is 2.16. The molecule has 122 valence electrons. The lowest BCUT2D eigenvalue weighted by atomic mass is 10.2. The molecule has 0 unspecified atom stereocenters. The first-order chi connectivity index (χ1) is 11.8. The van der Waals surface area contributed by atoms with Crippen LogP contribution in [0.1, 0.15) is 5.56 Å². The van der Waals surface area contributed by atoms with Crippen LogP contribution in [-0.4, -0.2) is 61.6 Å².